The molecule has 2 aromatic rings. The Kier molecular flexibility index (Phi) is 4.93. The second-order valence-corrected chi connectivity index (χ2v) is 5.49. The van der Waals surface area contributed by atoms with Gasteiger partial charge in [0.05, 0.1) is 0 Å². The largest absolute Gasteiger partial charge is 0.207 e. The maximum Gasteiger partial charge on any atom is 0.128 e. The van der Waals surface area contributed by atoms with Gasteiger partial charge in [-0.2, -0.15) is 0 Å². The molecule has 0 aliphatic rings. The number of alkyl halides is 1. The first-order valence-corrected chi connectivity index (χ1v) is 7.31. The van der Waals surface area contributed by atoms with Crippen LogP contribution in [-0.4, -0.2) is 0 Å². The summed E-state index contributed by atoms with van der Waals surface area (Å²) in [6.07, 6.45) is 0. The molecule has 4 heteroatoms. The standard InChI is InChI=1S/C14H11Cl2FS/c15-8-10-4-6-11(7-5-10)18-9-12-13(16)2-1-3-14(12)17/h1-7H,8-9H2. The Morgan fingerprint density at radius 3 is 2.39 bits per heavy atom. The smallest absolute Gasteiger partial charge is 0.128 e. The molecule has 0 saturated carbocycles. The van der Waals surface area contributed by atoms with Crippen molar-refractivity contribution in [2.45, 2.75) is 16.5 Å². The van der Waals surface area contributed by atoms with E-state index in [1.54, 1.807) is 23.9 Å². The molecule has 0 saturated heterocycles. The molecule has 0 heterocycles. The summed E-state index contributed by atoms with van der Waals surface area (Å²) in [5, 5.41) is 0.472. The second-order valence-electron chi connectivity index (χ2n) is 3.77. The van der Waals surface area contributed by atoms with E-state index < -0.39 is 0 Å². The van der Waals surface area contributed by atoms with Crippen molar-refractivity contribution in [3.8, 4) is 0 Å². The van der Waals surface area contributed by atoms with E-state index in [1.807, 2.05) is 24.3 Å². The molecule has 0 aliphatic carbocycles. The molecule has 0 radical (unpaired) electrons. The SMILES string of the molecule is Fc1cccc(Cl)c1CSc1ccc(CCl)cc1. The van der Waals surface area contributed by atoms with Gasteiger partial charge in [0.25, 0.3) is 0 Å². The summed E-state index contributed by atoms with van der Waals surface area (Å²) in [6, 6.07) is 12.7. The predicted molar refractivity (Wildman–Crippen MR) is 77.0 cm³/mol. The molecule has 0 aliphatic heterocycles. The summed E-state index contributed by atoms with van der Waals surface area (Å²) < 4.78 is 13.6. The Balaban J connectivity index is 2.06. The second kappa shape index (κ2) is 6.46. The number of hydrogen-bond acceptors (Lipinski definition) is 1. The van der Waals surface area contributed by atoms with Crippen LogP contribution in [-0.2, 0) is 11.6 Å². The minimum absolute atomic E-state index is 0.257. The quantitative estimate of drug-likeness (QED) is 0.530. The predicted octanol–water partition coefficient (Wildman–Crippen LogP) is 5.51. The molecule has 0 bridgehead atoms. The van der Waals surface area contributed by atoms with Crippen molar-refractivity contribution in [3.63, 3.8) is 0 Å². The van der Waals surface area contributed by atoms with Crippen molar-refractivity contribution in [1.82, 2.24) is 0 Å². The molecule has 0 N–H and O–H groups in total. The number of thioether (sulfide) groups is 1. The molecule has 0 fully saturated rings. The van der Waals surface area contributed by atoms with Gasteiger partial charge in [0.2, 0.25) is 0 Å². The Bertz CT molecular complexity index is 506. The van der Waals surface area contributed by atoms with Gasteiger partial charge in [0.1, 0.15) is 5.82 Å². The third-order valence-electron chi connectivity index (χ3n) is 2.52. The monoisotopic (exact) mass is 300 g/mol. The molecular weight excluding hydrogens is 290 g/mol. The first kappa shape index (κ1) is 13.7. The Morgan fingerprint density at radius 2 is 1.78 bits per heavy atom. The van der Waals surface area contributed by atoms with Crippen molar-refractivity contribution in [1.29, 1.82) is 0 Å². The molecule has 0 unspecified atom stereocenters. The van der Waals surface area contributed by atoms with Crippen LogP contribution in [0, 0.1) is 5.82 Å². The van der Waals surface area contributed by atoms with Crippen molar-refractivity contribution in [3.05, 3.63) is 64.4 Å². The highest BCUT2D eigenvalue weighted by Gasteiger charge is 2.07. The van der Waals surface area contributed by atoms with Crippen LogP contribution in [0.4, 0.5) is 4.39 Å². The highest BCUT2D eigenvalue weighted by atomic mass is 35.5. The lowest BCUT2D eigenvalue weighted by Crippen LogP contribution is -1.89. The van der Waals surface area contributed by atoms with E-state index in [-0.39, 0.29) is 5.82 Å². The molecule has 0 atom stereocenters. The van der Waals surface area contributed by atoms with E-state index in [2.05, 4.69) is 0 Å². The van der Waals surface area contributed by atoms with Crippen LogP contribution in [0.15, 0.2) is 47.4 Å². The number of benzene rings is 2. The van der Waals surface area contributed by atoms with Gasteiger partial charge < -0.3 is 0 Å². The molecular formula is C14H11Cl2FS. The van der Waals surface area contributed by atoms with Crippen LogP contribution in [0.1, 0.15) is 11.1 Å². The minimum Gasteiger partial charge on any atom is -0.207 e. The van der Waals surface area contributed by atoms with Gasteiger partial charge in [-0.05, 0) is 29.8 Å². The van der Waals surface area contributed by atoms with Crippen LogP contribution in [0.2, 0.25) is 5.02 Å². The van der Waals surface area contributed by atoms with Crippen molar-refractivity contribution in [2.75, 3.05) is 0 Å². The Labute approximate surface area is 120 Å². The van der Waals surface area contributed by atoms with Gasteiger partial charge in [-0.3, -0.25) is 0 Å². The van der Waals surface area contributed by atoms with Crippen LogP contribution in [0.3, 0.4) is 0 Å². The van der Waals surface area contributed by atoms with Gasteiger partial charge in [-0.15, -0.1) is 23.4 Å². The Morgan fingerprint density at radius 1 is 1.06 bits per heavy atom. The van der Waals surface area contributed by atoms with E-state index >= 15 is 0 Å². The van der Waals surface area contributed by atoms with Gasteiger partial charge in [0.15, 0.2) is 0 Å². The molecule has 0 nitrogen and oxygen atoms in total. The molecule has 2 rings (SSSR count). The van der Waals surface area contributed by atoms with Gasteiger partial charge in [0, 0.05) is 27.1 Å². The highest BCUT2D eigenvalue weighted by molar-refractivity contribution is 7.98. The maximum absolute atomic E-state index is 13.6. The van der Waals surface area contributed by atoms with E-state index in [0.29, 0.717) is 22.2 Å². The van der Waals surface area contributed by atoms with Crippen LogP contribution < -0.4 is 0 Å². The van der Waals surface area contributed by atoms with E-state index in [1.165, 1.54) is 6.07 Å². The first-order valence-electron chi connectivity index (χ1n) is 5.41. The number of hydrogen-bond donors (Lipinski definition) is 0. The van der Waals surface area contributed by atoms with Crippen molar-refractivity contribution >= 4 is 35.0 Å². The van der Waals surface area contributed by atoms with E-state index in [0.717, 1.165) is 10.5 Å². The zero-order valence-corrected chi connectivity index (χ0v) is 11.8. The van der Waals surface area contributed by atoms with E-state index in [9.17, 15) is 4.39 Å². The number of halogens is 3. The van der Waals surface area contributed by atoms with Gasteiger partial charge in [-0.1, -0.05) is 29.8 Å². The lowest BCUT2D eigenvalue weighted by Gasteiger charge is -2.06. The summed E-state index contributed by atoms with van der Waals surface area (Å²) in [4.78, 5) is 1.07. The summed E-state index contributed by atoms with van der Waals surface area (Å²) >= 11 is 13.2. The normalized spacial score (nSPS) is 10.6. The van der Waals surface area contributed by atoms with Gasteiger partial charge in [-0.25, -0.2) is 4.39 Å². The first-order chi connectivity index (χ1) is 8.70. The minimum atomic E-state index is -0.257. The summed E-state index contributed by atoms with van der Waals surface area (Å²) in [5.74, 6) is 0.767. The zero-order chi connectivity index (χ0) is 13.0. The van der Waals surface area contributed by atoms with Crippen molar-refractivity contribution < 1.29 is 4.39 Å². The summed E-state index contributed by atoms with van der Waals surface area (Å²) in [5.41, 5.74) is 1.62. The topological polar surface area (TPSA) is 0 Å². The third kappa shape index (κ3) is 3.41. The molecule has 0 aromatic heterocycles. The molecule has 2 aromatic carbocycles. The van der Waals surface area contributed by atoms with Crippen LogP contribution in [0.25, 0.3) is 0 Å². The van der Waals surface area contributed by atoms with Crippen molar-refractivity contribution in [2.24, 2.45) is 0 Å². The lowest BCUT2D eigenvalue weighted by atomic mass is 10.2. The molecule has 18 heavy (non-hydrogen) atoms. The fourth-order valence-corrected chi connectivity index (χ4v) is 2.92. The average molecular weight is 301 g/mol. The Hall–Kier alpha value is -0.700. The third-order valence-corrected chi connectivity index (χ3v) is 4.22. The highest BCUT2D eigenvalue weighted by Crippen LogP contribution is 2.28. The average Bonchev–Trinajstić information content (AvgIpc) is 2.39. The fourth-order valence-electron chi connectivity index (χ4n) is 1.50. The molecule has 94 valence electrons. The fraction of sp³-hybridized carbons (Fsp3) is 0.143. The van der Waals surface area contributed by atoms with Crippen LogP contribution >= 0.6 is 35.0 Å². The zero-order valence-electron chi connectivity index (χ0n) is 9.50. The maximum atomic E-state index is 13.6. The number of rotatable bonds is 4. The van der Waals surface area contributed by atoms with E-state index in [4.69, 9.17) is 23.2 Å². The van der Waals surface area contributed by atoms with Crippen LogP contribution in [0.5, 0.6) is 0 Å². The molecule has 0 spiro atoms. The summed E-state index contributed by atoms with van der Waals surface area (Å²) in [7, 11) is 0. The summed E-state index contributed by atoms with van der Waals surface area (Å²) in [6.45, 7) is 0. The molecule has 0 amide bonds. The van der Waals surface area contributed by atoms with Gasteiger partial charge >= 0.3 is 0 Å². The lowest BCUT2D eigenvalue weighted by molar-refractivity contribution is 0.617.